The number of nitrogens with zero attached hydrogens (tertiary/aromatic N) is 1. The van der Waals surface area contributed by atoms with Crippen molar-refractivity contribution in [1.29, 1.82) is 0 Å². The van der Waals surface area contributed by atoms with Gasteiger partial charge in [-0.2, -0.15) is 0 Å². The fourth-order valence-electron chi connectivity index (χ4n) is 1.62. The fourth-order valence-corrected chi connectivity index (χ4v) is 1.62. The SMILES string of the molecule is COCCN(C)CCNC(=O)c1ccc(C)cc1F. The summed E-state index contributed by atoms with van der Waals surface area (Å²) in [6.45, 7) is 4.41. The lowest BCUT2D eigenvalue weighted by molar-refractivity contribution is 0.0943. The molecule has 5 heteroatoms. The van der Waals surface area contributed by atoms with Gasteiger partial charge >= 0.3 is 0 Å². The first-order valence-corrected chi connectivity index (χ1v) is 6.26. The molecule has 0 saturated carbocycles. The average molecular weight is 268 g/mol. The topological polar surface area (TPSA) is 41.6 Å². The zero-order valence-corrected chi connectivity index (χ0v) is 11.7. The molecule has 1 rings (SSSR count). The number of amides is 1. The van der Waals surface area contributed by atoms with E-state index in [1.165, 1.54) is 12.1 Å². The van der Waals surface area contributed by atoms with Gasteiger partial charge in [-0.3, -0.25) is 4.79 Å². The number of hydrogen-bond acceptors (Lipinski definition) is 3. The van der Waals surface area contributed by atoms with Gasteiger partial charge in [-0.1, -0.05) is 6.07 Å². The van der Waals surface area contributed by atoms with Crippen molar-refractivity contribution < 1.29 is 13.9 Å². The van der Waals surface area contributed by atoms with Gasteiger partial charge in [0.2, 0.25) is 0 Å². The zero-order valence-electron chi connectivity index (χ0n) is 11.7. The van der Waals surface area contributed by atoms with Gasteiger partial charge in [-0.15, -0.1) is 0 Å². The highest BCUT2D eigenvalue weighted by atomic mass is 19.1. The highest BCUT2D eigenvalue weighted by Gasteiger charge is 2.11. The fraction of sp³-hybridized carbons (Fsp3) is 0.500. The molecule has 0 radical (unpaired) electrons. The van der Waals surface area contributed by atoms with Crippen LogP contribution in [0.25, 0.3) is 0 Å². The highest BCUT2D eigenvalue weighted by Crippen LogP contribution is 2.09. The maximum atomic E-state index is 13.6. The van der Waals surface area contributed by atoms with Crippen LogP contribution in [-0.2, 0) is 4.74 Å². The molecule has 0 aliphatic carbocycles. The number of benzene rings is 1. The molecular weight excluding hydrogens is 247 g/mol. The van der Waals surface area contributed by atoms with E-state index in [1.54, 1.807) is 20.1 Å². The number of halogens is 1. The van der Waals surface area contributed by atoms with E-state index < -0.39 is 5.82 Å². The van der Waals surface area contributed by atoms with E-state index in [0.717, 1.165) is 12.1 Å². The molecule has 0 atom stereocenters. The third-order valence-corrected chi connectivity index (χ3v) is 2.83. The number of aryl methyl sites for hydroxylation is 1. The molecule has 106 valence electrons. The molecule has 0 spiro atoms. The molecule has 0 aliphatic rings. The zero-order chi connectivity index (χ0) is 14.3. The molecule has 4 nitrogen and oxygen atoms in total. The van der Waals surface area contributed by atoms with Crippen LogP contribution in [0, 0.1) is 12.7 Å². The Hall–Kier alpha value is -1.46. The smallest absolute Gasteiger partial charge is 0.254 e. The van der Waals surface area contributed by atoms with Crippen molar-refractivity contribution in [3.63, 3.8) is 0 Å². The van der Waals surface area contributed by atoms with Gasteiger partial charge in [-0.05, 0) is 31.7 Å². The molecule has 1 N–H and O–H groups in total. The Morgan fingerprint density at radius 1 is 1.42 bits per heavy atom. The Labute approximate surface area is 113 Å². The van der Waals surface area contributed by atoms with Gasteiger partial charge in [-0.25, -0.2) is 4.39 Å². The Balaban J connectivity index is 2.39. The lowest BCUT2D eigenvalue weighted by Gasteiger charge is -2.16. The summed E-state index contributed by atoms with van der Waals surface area (Å²) in [5.41, 5.74) is 0.887. The Bertz CT molecular complexity index is 424. The van der Waals surface area contributed by atoms with E-state index >= 15 is 0 Å². The Morgan fingerprint density at radius 3 is 2.79 bits per heavy atom. The average Bonchev–Trinajstić information content (AvgIpc) is 2.36. The third-order valence-electron chi connectivity index (χ3n) is 2.83. The first-order valence-electron chi connectivity index (χ1n) is 6.26. The first-order chi connectivity index (χ1) is 9.04. The van der Waals surface area contributed by atoms with Crippen molar-refractivity contribution in [2.24, 2.45) is 0 Å². The molecule has 1 amide bonds. The molecule has 0 heterocycles. The number of ether oxygens (including phenoxy) is 1. The van der Waals surface area contributed by atoms with Crippen LogP contribution in [0.2, 0.25) is 0 Å². The minimum absolute atomic E-state index is 0.0881. The monoisotopic (exact) mass is 268 g/mol. The van der Waals surface area contributed by atoms with Crippen LogP contribution in [0.5, 0.6) is 0 Å². The van der Waals surface area contributed by atoms with Crippen molar-refractivity contribution in [2.75, 3.05) is 40.4 Å². The van der Waals surface area contributed by atoms with E-state index in [-0.39, 0.29) is 11.5 Å². The largest absolute Gasteiger partial charge is 0.383 e. The number of likely N-dealkylation sites (N-methyl/N-ethyl adjacent to an activating group) is 1. The van der Waals surface area contributed by atoms with Crippen LogP contribution in [0.15, 0.2) is 18.2 Å². The maximum Gasteiger partial charge on any atom is 0.254 e. The van der Waals surface area contributed by atoms with Crippen molar-refractivity contribution in [2.45, 2.75) is 6.92 Å². The Kier molecular flexibility index (Phi) is 6.45. The van der Waals surface area contributed by atoms with Gasteiger partial charge in [0.05, 0.1) is 12.2 Å². The molecule has 0 aromatic heterocycles. The lowest BCUT2D eigenvalue weighted by atomic mass is 10.1. The molecular formula is C14H21FN2O2. The van der Waals surface area contributed by atoms with Gasteiger partial charge in [0.25, 0.3) is 5.91 Å². The molecule has 0 saturated heterocycles. The minimum atomic E-state index is -0.481. The number of carbonyl (C=O) groups excluding carboxylic acids is 1. The van der Waals surface area contributed by atoms with Crippen LogP contribution in [0.1, 0.15) is 15.9 Å². The second-order valence-corrected chi connectivity index (χ2v) is 4.54. The number of hydrogen-bond donors (Lipinski definition) is 1. The normalized spacial score (nSPS) is 10.8. The predicted octanol–water partition coefficient (Wildman–Crippen LogP) is 1.44. The maximum absolute atomic E-state index is 13.6. The van der Waals surface area contributed by atoms with Crippen LogP contribution >= 0.6 is 0 Å². The summed E-state index contributed by atoms with van der Waals surface area (Å²) < 4.78 is 18.5. The molecule has 0 unspecified atom stereocenters. The molecule has 1 aromatic carbocycles. The second-order valence-electron chi connectivity index (χ2n) is 4.54. The van der Waals surface area contributed by atoms with Crippen LogP contribution in [0.3, 0.4) is 0 Å². The number of methoxy groups -OCH3 is 1. The molecule has 0 aliphatic heterocycles. The molecule has 1 aromatic rings. The summed E-state index contributed by atoms with van der Waals surface area (Å²) >= 11 is 0. The standard InChI is InChI=1S/C14H21FN2O2/c1-11-4-5-12(13(15)10-11)14(18)16-6-7-17(2)8-9-19-3/h4-5,10H,6-9H2,1-3H3,(H,16,18). The second kappa shape index (κ2) is 7.86. The summed E-state index contributed by atoms with van der Waals surface area (Å²) in [7, 11) is 3.59. The summed E-state index contributed by atoms with van der Waals surface area (Å²) in [6.07, 6.45) is 0. The predicted molar refractivity (Wildman–Crippen MR) is 72.8 cm³/mol. The lowest BCUT2D eigenvalue weighted by Crippen LogP contribution is -2.34. The van der Waals surface area contributed by atoms with Gasteiger partial charge in [0.1, 0.15) is 5.82 Å². The van der Waals surface area contributed by atoms with Crippen molar-refractivity contribution in [3.8, 4) is 0 Å². The van der Waals surface area contributed by atoms with Crippen LogP contribution < -0.4 is 5.32 Å². The summed E-state index contributed by atoms with van der Waals surface area (Å²) in [4.78, 5) is 13.8. The molecule has 19 heavy (non-hydrogen) atoms. The van der Waals surface area contributed by atoms with Crippen LogP contribution in [0.4, 0.5) is 4.39 Å². The van der Waals surface area contributed by atoms with Crippen LogP contribution in [-0.4, -0.2) is 51.2 Å². The van der Waals surface area contributed by atoms with E-state index in [0.29, 0.717) is 19.7 Å². The third kappa shape index (κ3) is 5.36. The van der Waals surface area contributed by atoms with Gasteiger partial charge < -0.3 is 15.0 Å². The Morgan fingerprint density at radius 2 is 2.16 bits per heavy atom. The summed E-state index contributed by atoms with van der Waals surface area (Å²) in [6, 6.07) is 4.59. The van der Waals surface area contributed by atoms with Crippen molar-refractivity contribution >= 4 is 5.91 Å². The first kappa shape index (κ1) is 15.6. The summed E-state index contributed by atoms with van der Waals surface area (Å²) in [5.74, 6) is -0.858. The molecule has 0 bridgehead atoms. The quantitative estimate of drug-likeness (QED) is 0.813. The number of nitrogens with one attached hydrogen (secondary N) is 1. The van der Waals surface area contributed by atoms with E-state index in [1.807, 2.05) is 11.9 Å². The molecule has 0 fully saturated rings. The van der Waals surface area contributed by atoms with E-state index in [4.69, 9.17) is 4.74 Å². The van der Waals surface area contributed by atoms with E-state index in [2.05, 4.69) is 5.32 Å². The summed E-state index contributed by atoms with van der Waals surface area (Å²) in [5, 5.41) is 2.71. The van der Waals surface area contributed by atoms with Gasteiger partial charge in [0, 0.05) is 26.7 Å². The highest BCUT2D eigenvalue weighted by molar-refractivity contribution is 5.94. The number of carbonyl (C=O) groups is 1. The van der Waals surface area contributed by atoms with Crippen molar-refractivity contribution in [1.82, 2.24) is 10.2 Å². The number of rotatable bonds is 7. The van der Waals surface area contributed by atoms with E-state index in [9.17, 15) is 9.18 Å². The minimum Gasteiger partial charge on any atom is -0.383 e. The van der Waals surface area contributed by atoms with Crippen molar-refractivity contribution in [3.05, 3.63) is 35.1 Å². The van der Waals surface area contributed by atoms with Gasteiger partial charge in [0.15, 0.2) is 0 Å².